The summed E-state index contributed by atoms with van der Waals surface area (Å²) in [7, 11) is 2.90. The summed E-state index contributed by atoms with van der Waals surface area (Å²) in [5.74, 6) is -0.734. The number of carbonyl (C=O) groups excluding carboxylic acids is 1. The fourth-order valence-electron chi connectivity index (χ4n) is 1.89. The van der Waals surface area contributed by atoms with Crippen LogP contribution in [-0.2, 0) is 11.8 Å². The molecule has 0 fully saturated rings. The molecule has 0 unspecified atom stereocenters. The minimum atomic E-state index is -0.734. The van der Waals surface area contributed by atoms with E-state index in [1.54, 1.807) is 18.7 Å². The van der Waals surface area contributed by atoms with E-state index >= 15 is 0 Å². The third-order valence-electron chi connectivity index (χ3n) is 2.75. The maximum atomic E-state index is 11.5. The summed E-state index contributed by atoms with van der Waals surface area (Å²) in [6.07, 6.45) is 0. The zero-order chi connectivity index (χ0) is 13.4. The van der Waals surface area contributed by atoms with Gasteiger partial charge in [-0.25, -0.2) is 4.79 Å². The average molecular weight is 249 g/mol. The number of benzene rings is 1. The van der Waals surface area contributed by atoms with Gasteiger partial charge in [0.1, 0.15) is 5.56 Å². The first-order chi connectivity index (χ1) is 8.45. The van der Waals surface area contributed by atoms with Crippen molar-refractivity contribution < 1.29 is 14.5 Å². The predicted octanol–water partition coefficient (Wildman–Crippen LogP) is 1.58. The van der Waals surface area contributed by atoms with Gasteiger partial charge in [0.2, 0.25) is 0 Å². The molecule has 7 nitrogen and oxygen atoms in total. The number of aryl methyl sites for hydroxylation is 2. The van der Waals surface area contributed by atoms with E-state index in [-0.39, 0.29) is 11.3 Å². The van der Waals surface area contributed by atoms with Crippen molar-refractivity contribution in [2.24, 2.45) is 7.05 Å². The number of esters is 1. The highest BCUT2D eigenvalue weighted by Crippen LogP contribution is 2.28. The maximum Gasteiger partial charge on any atom is 0.344 e. The second-order valence-corrected chi connectivity index (χ2v) is 3.84. The molecular weight excluding hydrogens is 238 g/mol. The summed E-state index contributed by atoms with van der Waals surface area (Å²) in [4.78, 5) is 21.9. The third-order valence-corrected chi connectivity index (χ3v) is 2.75. The normalized spacial score (nSPS) is 10.6. The standard InChI is InChI=1S/C11H11N3O4/c1-6-7-4-10(14(16)17)8(11(15)18-3)5-9(7)13(2)12-6/h4-5H,1-3H3. The van der Waals surface area contributed by atoms with Gasteiger partial charge in [-0.1, -0.05) is 0 Å². The molecule has 0 N–H and O–H groups in total. The fraction of sp³-hybridized carbons (Fsp3) is 0.273. The summed E-state index contributed by atoms with van der Waals surface area (Å²) >= 11 is 0. The van der Waals surface area contributed by atoms with Crippen LogP contribution in [0, 0.1) is 17.0 Å². The van der Waals surface area contributed by atoms with E-state index in [0.29, 0.717) is 16.6 Å². The van der Waals surface area contributed by atoms with Crippen LogP contribution in [-0.4, -0.2) is 27.8 Å². The topological polar surface area (TPSA) is 87.3 Å². The van der Waals surface area contributed by atoms with Crippen LogP contribution in [0.15, 0.2) is 12.1 Å². The molecule has 0 amide bonds. The molecule has 0 aliphatic carbocycles. The van der Waals surface area contributed by atoms with Crippen LogP contribution < -0.4 is 0 Å². The van der Waals surface area contributed by atoms with Gasteiger partial charge in [0.25, 0.3) is 5.69 Å². The highest BCUT2D eigenvalue weighted by atomic mass is 16.6. The van der Waals surface area contributed by atoms with Gasteiger partial charge in [-0.3, -0.25) is 14.8 Å². The number of nitro benzene ring substituents is 1. The minimum absolute atomic E-state index is 0.0713. The van der Waals surface area contributed by atoms with E-state index in [0.717, 1.165) is 0 Å². The molecule has 18 heavy (non-hydrogen) atoms. The van der Waals surface area contributed by atoms with Crippen LogP contribution >= 0.6 is 0 Å². The van der Waals surface area contributed by atoms with Crippen LogP contribution in [0.3, 0.4) is 0 Å². The van der Waals surface area contributed by atoms with Crippen molar-refractivity contribution in [1.29, 1.82) is 0 Å². The molecule has 0 saturated heterocycles. The maximum absolute atomic E-state index is 11.5. The van der Waals surface area contributed by atoms with Gasteiger partial charge in [0.15, 0.2) is 0 Å². The lowest BCUT2D eigenvalue weighted by atomic mass is 10.1. The number of hydrogen-bond acceptors (Lipinski definition) is 5. The molecule has 0 aliphatic rings. The van der Waals surface area contributed by atoms with Gasteiger partial charge >= 0.3 is 5.97 Å². The molecule has 94 valence electrons. The van der Waals surface area contributed by atoms with E-state index in [2.05, 4.69) is 9.84 Å². The number of aromatic nitrogens is 2. The molecule has 0 bridgehead atoms. The van der Waals surface area contributed by atoms with Crippen molar-refractivity contribution in [1.82, 2.24) is 9.78 Å². The Kier molecular flexibility index (Phi) is 2.74. The first kappa shape index (κ1) is 12.0. The molecule has 0 atom stereocenters. The number of fused-ring (bicyclic) bond motifs is 1. The Morgan fingerprint density at radius 3 is 2.72 bits per heavy atom. The van der Waals surface area contributed by atoms with E-state index in [1.165, 1.54) is 19.2 Å². The van der Waals surface area contributed by atoms with Gasteiger partial charge in [0.05, 0.1) is 23.2 Å². The van der Waals surface area contributed by atoms with Crippen molar-refractivity contribution in [3.8, 4) is 0 Å². The molecular formula is C11H11N3O4. The smallest absolute Gasteiger partial charge is 0.344 e. The Bertz CT molecular complexity index is 660. The van der Waals surface area contributed by atoms with E-state index < -0.39 is 10.9 Å². The summed E-state index contributed by atoms with van der Waals surface area (Å²) in [5.41, 5.74) is 0.981. The molecule has 2 rings (SSSR count). The van der Waals surface area contributed by atoms with Crippen molar-refractivity contribution in [3.05, 3.63) is 33.5 Å². The lowest BCUT2D eigenvalue weighted by Crippen LogP contribution is -2.06. The van der Waals surface area contributed by atoms with Crippen molar-refractivity contribution >= 4 is 22.6 Å². The number of methoxy groups -OCH3 is 1. The fourth-order valence-corrected chi connectivity index (χ4v) is 1.89. The lowest BCUT2D eigenvalue weighted by Gasteiger charge is -2.02. The second-order valence-electron chi connectivity index (χ2n) is 3.84. The van der Waals surface area contributed by atoms with E-state index in [9.17, 15) is 14.9 Å². The van der Waals surface area contributed by atoms with Crippen LogP contribution in [0.5, 0.6) is 0 Å². The van der Waals surface area contributed by atoms with Crippen molar-refractivity contribution in [2.45, 2.75) is 6.92 Å². The van der Waals surface area contributed by atoms with Crippen LogP contribution in [0.4, 0.5) is 5.69 Å². The molecule has 1 heterocycles. The quantitative estimate of drug-likeness (QED) is 0.458. The Morgan fingerprint density at radius 2 is 2.17 bits per heavy atom. The zero-order valence-electron chi connectivity index (χ0n) is 10.1. The van der Waals surface area contributed by atoms with Crippen LogP contribution in [0.25, 0.3) is 10.9 Å². The first-order valence-corrected chi connectivity index (χ1v) is 5.15. The van der Waals surface area contributed by atoms with Crippen molar-refractivity contribution in [2.75, 3.05) is 7.11 Å². The molecule has 0 spiro atoms. The molecule has 0 aliphatic heterocycles. The molecule has 2 aromatic rings. The number of hydrogen-bond donors (Lipinski definition) is 0. The summed E-state index contributed by atoms with van der Waals surface area (Å²) in [6, 6.07) is 2.78. The van der Waals surface area contributed by atoms with Crippen molar-refractivity contribution in [3.63, 3.8) is 0 Å². The molecule has 0 radical (unpaired) electrons. The van der Waals surface area contributed by atoms with Gasteiger partial charge in [-0.15, -0.1) is 0 Å². The Balaban J connectivity index is 2.83. The number of nitro groups is 1. The van der Waals surface area contributed by atoms with Gasteiger partial charge in [-0.05, 0) is 13.0 Å². The average Bonchev–Trinajstić information content (AvgIpc) is 2.62. The van der Waals surface area contributed by atoms with Gasteiger partial charge < -0.3 is 4.74 Å². The molecule has 1 aromatic carbocycles. The first-order valence-electron chi connectivity index (χ1n) is 5.15. The number of rotatable bonds is 2. The minimum Gasteiger partial charge on any atom is -0.465 e. The number of carbonyl (C=O) groups is 1. The number of nitrogens with zero attached hydrogens (tertiary/aromatic N) is 3. The predicted molar refractivity (Wildman–Crippen MR) is 63.4 cm³/mol. The molecule has 1 aromatic heterocycles. The van der Waals surface area contributed by atoms with Gasteiger partial charge in [0, 0.05) is 18.5 Å². The van der Waals surface area contributed by atoms with Crippen LogP contribution in [0.2, 0.25) is 0 Å². The summed E-state index contributed by atoms with van der Waals surface area (Å²) < 4.78 is 6.12. The summed E-state index contributed by atoms with van der Waals surface area (Å²) in [6.45, 7) is 1.75. The zero-order valence-corrected chi connectivity index (χ0v) is 10.1. The van der Waals surface area contributed by atoms with E-state index in [1.807, 2.05) is 0 Å². The van der Waals surface area contributed by atoms with Gasteiger partial charge in [-0.2, -0.15) is 5.10 Å². The van der Waals surface area contributed by atoms with E-state index in [4.69, 9.17) is 0 Å². The number of ether oxygens (including phenoxy) is 1. The Labute approximate surface area is 102 Å². The highest BCUT2D eigenvalue weighted by molar-refractivity contribution is 5.99. The lowest BCUT2D eigenvalue weighted by molar-refractivity contribution is -0.385. The summed E-state index contributed by atoms with van der Waals surface area (Å²) in [5, 5.41) is 15.8. The highest BCUT2D eigenvalue weighted by Gasteiger charge is 2.23. The third kappa shape index (κ3) is 1.69. The Morgan fingerprint density at radius 1 is 1.50 bits per heavy atom. The molecule has 7 heteroatoms. The SMILES string of the molecule is COC(=O)c1cc2c(cc1[N+](=O)[O-])c(C)nn2C. The largest absolute Gasteiger partial charge is 0.465 e. The molecule has 0 saturated carbocycles. The monoisotopic (exact) mass is 249 g/mol. The van der Waals surface area contributed by atoms with Crippen LogP contribution in [0.1, 0.15) is 16.1 Å². The second kappa shape index (κ2) is 4.10. The Hall–Kier alpha value is -2.44.